The van der Waals surface area contributed by atoms with E-state index in [1.54, 1.807) is 0 Å². The Kier molecular flexibility index (Phi) is 6.68. The van der Waals surface area contributed by atoms with Crippen LogP contribution in [0.25, 0.3) is 10.1 Å². The highest BCUT2D eigenvalue weighted by Crippen LogP contribution is 2.27. The van der Waals surface area contributed by atoms with Crippen molar-refractivity contribution < 1.29 is 4.74 Å². The van der Waals surface area contributed by atoms with Crippen molar-refractivity contribution in [3.63, 3.8) is 0 Å². The van der Waals surface area contributed by atoms with E-state index in [1.807, 2.05) is 11.3 Å². The van der Waals surface area contributed by atoms with Crippen molar-refractivity contribution in [1.82, 2.24) is 5.32 Å². The molecule has 0 amide bonds. The lowest BCUT2D eigenvalue weighted by Crippen LogP contribution is -2.43. The third kappa shape index (κ3) is 4.29. The second-order valence-corrected chi connectivity index (χ2v) is 6.32. The number of hydrogen-bond donors (Lipinski definition) is 1. The monoisotopic (exact) mass is 305 g/mol. The van der Waals surface area contributed by atoms with Gasteiger partial charge in [0.05, 0.1) is 6.10 Å². The summed E-state index contributed by atoms with van der Waals surface area (Å²) in [5.41, 5.74) is 1.45. The van der Waals surface area contributed by atoms with Crippen LogP contribution in [0.5, 0.6) is 0 Å². The number of nitrogens with one attached hydrogen (secondary N) is 1. The fourth-order valence-electron chi connectivity index (χ4n) is 2.92. The lowest BCUT2D eigenvalue weighted by molar-refractivity contribution is 0.0286. The van der Waals surface area contributed by atoms with E-state index >= 15 is 0 Å². The lowest BCUT2D eigenvalue weighted by Gasteiger charge is -2.27. The average molecular weight is 305 g/mol. The SMILES string of the molecule is CCCC(OCC)C(Cc1csc2ccccc12)NCC. The summed E-state index contributed by atoms with van der Waals surface area (Å²) in [5, 5.41) is 7.34. The topological polar surface area (TPSA) is 21.3 Å². The zero-order valence-corrected chi connectivity index (χ0v) is 14.2. The van der Waals surface area contributed by atoms with Crippen LogP contribution in [-0.2, 0) is 11.2 Å². The maximum Gasteiger partial charge on any atom is 0.0731 e. The fraction of sp³-hybridized carbons (Fsp3) is 0.556. The van der Waals surface area contributed by atoms with Gasteiger partial charge in [0.2, 0.25) is 0 Å². The van der Waals surface area contributed by atoms with Crippen LogP contribution in [0.4, 0.5) is 0 Å². The van der Waals surface area contributed by atoms with Gasteiger partial charge in [0.15, 0.2) is 0 Å². The minimum atomic E-state index is 0.304. The van der Waals surface area contributed by atoms with E-state index in [4.69, 9.17) is 4.74 Å². The second-order valence-electron chi connectivity index (χ2n) is 5.41. The van der Waals surface area contributed by atoms with Crippen molar-refractivity contribution in [2.24, 2.45) is 0 Å². The predicted molar refractivity (Wildman–Crippen MR) is 93.3 cm³/mol. The highest BCUT2D eigenvalue weighted by molar-refractivity contribution is 7.17. The molecule has 1 heterocycles. The Morgan fingerprint density at radius 1 is 1.19 bits per heavy atom. The highest BCUT2D eigenvalue weighted by Gasteiger charge is 2.21. The molecule has 0 aliphatic rings. The summed E-state index contributed by atoms with van der Waals surface area (Å²) >= 11 is 1.84. The summed E-state index contributed by atoms with van der Waals surface area (Å²) < 4.78 is 7.38. The van der Waals surface area contributed by atoms with Crippen LogP contribution >= 0.6 is 11.3 Å². The van der Waals surface area contributed by atoms with E-state index < -0.39 is 0 Å². The van der Waals surface area contributed by atoms with Gasteiger partial charge in [0.1, 0.15) is 0 Å². The fourth-order valence-corrected chi connectivity index (χ4v) is 3.90. The zero-order valence-electron chi connectivity index (χ0n) is 13.4. The summed E-state index contributed by atoms with van der Waals surface area (Å²) in [7, 11) is 0. The number of fused-ring (bicyclic) bond motifs is 1. The van der Waals surface area contributed by atoms with Gasteiger partial charge in [-0.05, 0) is 48.7 Å². The number of hydrogen-bond acceptors (Lipinski definition) is 3. The van der Waals surface area contributed by atoms with Crippen molar-refractivity contribution in [1.29, 1.82) is 0 Å². The number of rotatable bonds is 9. The summed E-state index contributed by atoms with van der Waals surface area (Å²) in [4.78, 5) is 0. The van der Waals surface area contributed by atoms with Crippen LogP contribution < -0.4 is 5.32 Å². The molecule has 116 valence electrons. The Balaban J connectivity index is 2.17. The number of likely N-dealkylation sites (N-methyl/N-ethyl adjacent to an activating group) is 1. The Morgan fingerprint density at radius 2 is 2.00 bits per heavy atom. The summed E-state index contributed by atoms with van der Waals surface area (Å²) in [5.74, 6) is 0. The normalized spacial score (nSPS) is 14.4. The number of ether oxygens (including phenoxy) is 1. The van der Waals surface area contributed by atoms with Crippen LogP contribution in [0.3, 0.4) is 0 Å². The van der Waals surface area contributed by atoms with Gasteiger partial charge in [-0.2, -0.15) is 0 Å². The molecule has 0 bridgehead atoms. The van der Waals surface area contributed by atoms with E-state index in [0.29, 0.717) is 12.1 Å². The molecule has 3 heteroatoms. The first-order valence-corrected chi connectivity index (χ1v) is 8.98. The van der Waals surface area contributed by atoms with E-state index in [2.05, 4.69) is 55.7 Å². The molecule has 0 spiro atoms. The summed E-state index contributed by atoms with van der Waals surface area (Å²) in [6.07, 6.45) is 3.63. The quantitative estimate of drug-likeness (QED) is 0.729. The van der Waals surface area contributed by atoms with E-state index in [9.17, 15) is 0 Å². The maximum absolute atomic E-state index is 6.00. The van der Waals surface area contributed by atoms with E-state index in [-0.39, 0.29) is 0 Å². The van der Waals surface area contributed by atoms with Gasteiger partial charge in [-0.3, -0.25) is 0 Å². The minimum absolute atomic E-state index is 0.304. The molecule has 2 unspecified atom stereocenters. The Morgan fingerprint density at radius 3 is 2.71 bits per heavy atom. The molecule has 21 heavy (non-hydrogen) atoms. The molecule has 0 radical (unpaired) electrons. The van der Waals surface area contributed by atoms with Crippen LogP contribution in [0.1, 0.15) is 39.2 Å². The molecule has 0 saturated carbocycles. The number of thiophene rings is 1. The molecule has 1 aromatic carbocycles. The van der Waals surface area contributed by atoms with Crippen LogP contribution in [0, 0.1) is 0 Å². The molecule has 0 aliphatic heterocycles. The molecule has 1 N–H and O–H groups in total. The molecule has 0 saturated heterocycles. The van der Waals surface area contributed by atoms with Gasteiger partial charge < -0.3 is 10.1 Å². The van der Waals surface area contributed by atoms with Crippen molar-refractivity contribution >= 4 is 21.4 Å². The Bertz CT molecular complexity index is 531. The van der Waals surface area contributed by atoms with Crippen molar-refractivity contribution in [3.05, 3.63) is 35.2 Å². The molecular weight excluding hydrogens is 278 g/mol. The molecule has 0 fully saturated rings. The van der Waals surface area contributed by atoms with E-state index in [1.165, 1.54) is 15.6 Å². The standard InChI is InChI=1S/C18H27NOS/c1-4-9-17(20-6-3)16(19-5-2)12-14-13-21-18-11-8-7-10-15(14)18/h7-8,10-11,13,16-17,19H,4-6,9,12H2,1-3H3. The third-order valence-electron chi connectivity index (χ3n) is 3.87. The average Bonchev–Trinajstić information content (AvgIpc) is 2.90. The van der Waals surface area contributed by atoms with Crippen LogP contribution in [-0.4, -0.2) is 25.3 Å². The van der Waals surface area contributed by atoms with Gasteiger partial charge in [0, 0.05) is 17.3 Å². The summed E-state index contributed by atoms with van der Waals surface area (Å²) in [6.45, 7) is 8.27. The first-order chi connectivity index (χ1) is 10.3. The molecule has 2 rings (SSSR count). The van der Waals surface area contributed by atoms with Crippen molar-refractivity contribution in [3.8, 4) is 0 Å². The maximum atomic E-state index is 6.00. The second kappa shape index (κ2) is 8.52. The molecule has 0 aliphatic carbocycles. The lowest BCUT2D eigenvalue weighted by atomic mass is 9.97. The molecule has 2 atom stereocenters. The van der Waals surface area contributed by atoms with Gasteiger partial charge in [-0.25, -0.2) is 0 Å². The zero-order chi connectivity index (χ0) is 15.1. The predicted octanol–water partition coefficient (Wildman–Crippen LogP) is 4.63. The van der Waals surface area contributed by atoms with Crippen molar-refractivity contribution in [2.75, 3.05) is 13.2 Å². The van der Waals surface area contributed by atoms with Gasteiger partial charge in [-0.1, -0.05) is 38.5 Å². The van der Waals surface area contributed by atoms with Crippen LogP contribution in [0.2, 0.25) is 0 Å². The smallest absolute Gasteiger partial charge is 0.0731 e. The van der Waals surface area contributed by atoms with Gasteiger partial charge in [-0.15, -0.1) is 11.3 Å². The first kappa shape index (κ1) is 16.5. The number of benzene rings is 1. The third-order valence-corrected chi connectivity index (χ3v) is 4.88. The van der Waals surface area contributed by atoms with E-state index in [0.717, 1.165) is 32.4 Å². The van der Waals surface area contributed by atoms with Crippen molar-refractivity contribution in [2.45, 2.75) is 52.2 Å². The Hall–Kier alpha value is -0.900. The molecule has 2 nitrogen and oxygen atoms in total. The first-order valence-electron chi connectivity index (χ1n) is 8.10. The summed E-state index contributed by atoms with van der Waals surface area (Å²) in [6, 6.07) is 9.09. The van der Waals surface area contributed by atoms with Gasteiger partial charge >= 0.3 is 0 Å². The molecule has 1 aromatic heterocycles. The largest absolute Gasteiger partial charge is 0.377 e. The highest BCUT2D eigenvalue weighted by atomic mass is 32.1. The Labute approximate surface area is 132 Å². The molecule has 2 aromatic rings. The molecular formula is C18H27NOS. The minimum Gasteiger partial charge on any atom is -0.377 e. The van der Waals surface area contributed by atoms with Crippen LogP contribution in [0.15, 0.2) is 29.6 Å². The van der Waals surface area contributed by atoms with Gasteiger partial charge in [0.25, 0.3) is 0 Å².